The number of carbonyl (C=O) groups excluding carboxylic acids is 3. The summed E-state index contributed by atoms with van der Waals surface area (Å²) in [6, 6.07) is 12.0. The zero-order valence-electron chi connectivity index (χ0n) is 16.2. The first-order valence-corrected chi connectivity index (χ1v) is 10.7. The van der Waals surface area contributed by atoms with Crippen molar-refractivity contribution in [2.75, 3.05) is 6.54 Å². The number of thioether (sulfide) groups is 1. The molecule has 1 fully saturated rings. The maximum Gasteiger partial charge on any atom is 0.270 e. The molecule has 0 aromatic heterocycles. The fourth-order valence-corrected chi connectivity index (χ4v) is 4.07. The van der Waals surface area contributed by atoms with Crippen LogP contribution in [-0.2, 0) is 9.59 Å². The molecule has 0 bridgehead atoms. The maximum absolute atomic E-state index is 12.6. The number of nitrogens with zero attached hydrogens (tertiary/aromatic N) is 2. The Morgan fingerprint density at radius 1 is 1.19 bits per heavy atom. The lowest BCUT2D eigenvalue weighted by Gasteiger charge is -2.14. The second-order valence-electron chi connectivity index (χ2n) is 6.44. The predicted molar refractivity (Wildman–Crippen MR) is 125 cm³/mol. The molecule has 0 atom stereocenters. The minimum absolute atomic E-state index is 0.0174. The van der Waals surface area contributed by atoms with Gasteiger partial charge in [-0.15, -0.1) is 0 Å². The summed E-state index contributed by atoms with van der Waals surface area (Å²) in [6.45, 7) is 0.0289. The first-order valence-electron chi connectivity index (χ1n) is 9.09. The molecule has 12 heteroatoms. The van der Waals surface area contributed by atoms with Crippen LogP contribution in [0.3, 0.4) is 0 Å². The Kier molecular flexibility index (Phi) is 7.57. The number of nitrogens with one attached hydrogen (secondary N) is 2. The average molecular weight is 491 g/mol. The molecule has 1 saturated heterocycles. The van der Waals surface area contributed by atoms with Gasteiger partial charge in [-0.1, -0.05) is 53.8 Å². The standard InChI is InChI=1S/C20H15ClN4O5S2/c21-14-6-4-12(5-7-14)10-16-19(28)24(20(31)32-16)9-8-17(26)22-23-18(27)13-2-1-3-15(11-13)25(29)30/h1-7,10-11H,8-9H2,(H,22,26)(H,23,27)/b16-10-. The lowest BCUT2D eigenvalue weighted by molar-refractivity contribution is -0.384. The van der Waals surface area contributed by atoms with Crippen molar-refractivity contribution in [2.24, 2.45) is 0 Å². The molecule has 0 unspecified atom stereocenters. The molecule has 9 nitrogen and oxygen atoms in total. The van der Waals surface area contributed by atoms with Crippen molar-refractivity contribution >= 4 is 69.4 Å². The Bertz CT molecular complexity index is 1140. The van der Waals surface area contributed by atoms with Crippen LogP contribution in [0.4, 0.5) is 5.69 Å². The second-order valence-corrected chi connectivity index (χ2v) is 8.56. The number of amides is 3. The normalized spacial score (nSPS) is 14.5. The number of carbonyl (C=O) groups is 3. The third kappa shape index (κ3) is 5.90. The van der Waals surface area contributed by atoms with Crippen molar-refractivity contribution in [3.63, 3.8) is 0 Å². The number of hydrogen-bond donors (Lipinski definition) is 2. The van der Waals surface area contributed by atoms with Crippen LogP contribution in [0.25, 0.3) is 6.08 Å². The van der Waals surface area contributed by atoms with Gasteiger partial charge in [0.1, 0.15) is 4.32 Å². The zero-order chi connectivity index (χ0) is 23.3. The van der Waals surface area contributed by atoms with Gasteiger partial charge < -0.3 is 0 Å². The van der Waals surface area contributed by atoms with Crippen molar-refractivity contribution in [2.45, 2.75) is 6.42 Å². The minimum atomic E-state index is -0.710. The lowest BCUT2D eigenvalue weighted by Crippen LogP contribution is -2.43. The van der Waals surface area contributed by atoms with Crippen molar-refractivity contribution < 1.29 is 19.3 Å². The molecule has 1 aliphatic rings. The van der Waals surface area contributed by atoms with Gasteiger partial charge in [0.15, 0.2) is 0 Å². The van der Waals surface area contributed by atoms with Crippen LogP contribution in [0, 0.1) is 10.1 Å². The van der Waals surface area contributed by atoms with E-state index in [9.17, 15) is 24.5 Å². The topological polar surface area (TPSA) is 122 Å². The van der Waals surface area contributed by atoms with Gasteiger partial charge >= 0.3 is 0 Å². The van der Waals surface area contributed by atoms with Gasteiger partial charge in [0.05, 0.1) is 9.83 Å². The molecule has 1 heterocycles. The Morgan fingerprint density at radius 2 is 1.91 bits per heavy atom. The highest BCUT2D eigenvalue weighted by atomic mass is 35.5. The molecule has 3 rings (SSSR count). The monoisotopic (exact) mass is 490 g/mol. The number of thiocarbonyl (C=S) groups is 1. The van der Waals surface area contributed by atoms with Crippen LogP contribution >= 0.6 is 35.6 Å². The van der Waals surface area contributed by atoms with Crippen molar-refractivity contribution in [3.05, 3.63) is 79.7 Å². The number of nitro benzene ring substituents is 1. The highest BCUT2D eigenvalue weighted by Gasteiger charge is 2.32. The highest BCUT2D eigenvalue weighted by Crippen LogP contribution is 2.32. The largest absolute Gasteiger partial charge is 0.292 e. The summed E-state index contributed by atoms with van der Waals surface area (Å²) in [4.78, 5) is 48.7. The van der Waals surface area contributed by atoms with Crippen LogP contribution in [0.15, 0.2) is 53.4 Å². The van der Waals surface area contributed by atoms with E-state index in [2.05, 4.69) is 10.9 Å². The molecular formula is C20H15ClN4O5S2. The quantitative estimate of drug-likeness (QED) is 0.276. The summed E-state index contributed by atoms with van der Waals surface area (Å²) in [5.74, 6) is -1.58. The van der Waals surface area contributed by atoms with E-state index in [0.29, 0.717) is 14.2 Å². The molecule has 0 spiro atoms. The number of hydrogen-bond acceptors (Lipinski definition) is 7. The van der Waals surface area contributed by atoms with Crippen LogP contribution in [0.5, 0.6) is 0 Å². The Morgan fingerprint density at radius 3 is 2.59 bits per heavy atom. The average Bonchev–Trinajstić information content (AvgIpc) is 3.04. The Balaban J connectivity index is 1.52. The number of rotatable bonds is 6. The second kappa shape index (κ2) is 10.4. The molecule has 164 valence electrons. The first kappa shape index (κ1) is 23.4. The van der Waals surface area contributed by atoms with Gasteiger partial charge in [-0.05, 0) is 29.8 Å². The van der Waals surface area contributed by atoms with E-state index in [4.69, 9.17) is 23.8 Å². The van der Waals surface area contributed by atoms with Crippen molar-refractivity contribution in [3.8, 4) is 0 Å². The van der Waals surface area contributed by atoms with Gasteiger partial charge in [-0.3, -0.25) is 40.2 Å². The van der Waals surface area contributed by atoms with E-state index in [1.165, 1.54) is 23.1 Å². The predicted octanol–water partition coefficient (Wildman–Crippen LogP) is 3.30. The Labute approximate surface area is 196 Å². The zero-order valence-corrected chi connectivity index (χ0v) is 18.6. The maximum atomic E-state index is 12.6. The summed E-state index contributed by atoms with van der Waals surface area (Å²) < 4.78 is 0.323. The highest BCUT2D eigenvalue weighted by molar-refractivity contribution is 8.26. The van der Waals surface area contributed by atoms with Gasteiger partial charge in [0.2, 0.25) is 5.91 Å². The molecule has 0 aliphatic carbocycles. The van der Waals surface area contributed by atoms with E-state index < -0.39 is 16.7 Å². The summed E-state index contributed by atoms with van der Waals surface area (Å²) >= 11 is 12.2. The van der Waals surface area contributed by atoms with Crippen LogP contribution < -0.4 is 10.9 Å². The van der Waals surface area contributed by atoms with E-state index >= 15 is 0 Å². The molecule has 3 amide bonds. The van der Waals surface area contributed by atoms with Gasteiger partial charge in [0, 0.05) is 35.7 Å². The smallest absolute Gasteiger partial charge is 0.270 e. The van der Waals surface area contributed by atoms with E-state index in [-0.39, 0.29) is 30.1 Å². The molecule has 0 radical (unpaired) electrons. The summed E-state index contributed by atoms with van der Waals surface area (Å²) in [6.07, 6.45) is 1.57. The van der Waals surface area contributed by atoms with E-state index in [0.717, 1.165) is 23.4 Å². The van der Waals surface area contributed by atoms with E-state index in [1.54, 1.807) is 30.3 Å². The third-order valence-corrected chi connectivity index (χ3v) is 5.87. The first-order chi connectivity index (χ1) is 15.2. The number of benzene rings is 2. The fraction of sp³-hybridized carbons (Fsp3) is 0.100. The molecule has 2 aromatic rings. The number of non-ortho nitro benzene ring substituents is 1. The third-order valence-electron chi connectivity index (χ3n) is 4.24. The summed E-state index contributed by atoms with van der Waals surface area (Å²) in [5.41, 5.74) is 4.96. The van der Waals surface area contributed by atoms with Gasteiger partial charge in [0.25, 0.3) is 17.5 Å². The van der Waals surface area contributed by atoms with Crippen LogP contribution in [0.2, 0.25) is 5.02 Å². The minimum Gasteiger partial charge on any atom is -0.292 e. The summed E-state index contributed by atoms with van der Waals surface area (Å²) in [5, 5.41) is 11.4. The van der Waals surface area contributed by atoms with Crippen LogP contribution in [-0.4, -0.2) is 38.4 Å². The van der Waals surface area contributed by atoms with Crippen molar-refractivity contribution in [1.29, 1.82) is 0 Å². The fourth-order valence-electron chi connectivity index (χ4n) is 2.64. The molecule has 1 aliphatic heterocycles. The summed E-state index contributed by atoms with van der Waals surface area (Å²) in [7, 11) is 0. The van der Waals surface area contributed by atoms with Crippen LogP contribution in [0.1, 0.15) is 22.3 Å². The SMILES string of the molecule is O=C(CCN1C(=O)/C(=C/c2ccc(Cl)cc2)SC1=S)NNC(=O)c1cccc([N+](=O)[O-])c1. The number of nitro groups is 1. The molecule has 2 N–H and O–H groups in total. The van der Waals surface area contributed by atoms with Gasteiger partial charge in [-0.25, -0.2) is 0 Å². The number of hydrazine groups is 1. The molecular weight excluding hydrogens is 476 g/mol. The van der Waals surface area contributed by atoms with Gasteiger partial charge in [-0.2, -0.15) is 0 Å². The van der Waals surface area contributed by atoms with E-state index in [1.807, 2.05) is 0 Å². The van der Waals surface area contributed by atoms with Crippen molar-refractivity contribution in [1.82, 2.24) is 15.8 Å². The lowest BCUT2D eigenvalue weighted by atomic mass is 10.2. The Hall–Kier alpha value is -3.28. The molecule has 0 saturated carbocycles. The molecule has 2 aromatic carbocycles. The molecule has 32 heavy (non-hydrogen) atoms. The number of halogens is 1.